The molecule has 3 aromatic heterocycles. The summed E-state index contributed by atoms with van der Waals surface area (Å²) in [6.45, 7) is 14.4. The number of nitrogens with one attached hydrogen (secondary N) is 2. The van der Waals surface area contributed by atoms with Gasteiger partial charge in [-0.1, -0.05) is 68.4 Å². The van der Waals surface area contributed by atoms with Crippen molar-refractivity contribution in [3.8, 4) is 33.1 Å². The monoisotopic (exact) mass is 1160 g/mol. The van der Waals surface area contributed by atoms with Crippen LogP contribution in [0, 0.1) is 19.3 Å². The Morgan fingerprint density at radius 1 is 0.867 bits per heavy atom. The van der Waals surface area contributed by atoms with Gasteiger partial charge in [0, 0.05) is 49.6 Å². The molecule has 2 aliphatic rings. The summed E-state index contributed by atoms with van der Waals surface area (Å²) in [5.41, 5.74) is 15.0. The molecule has 2 saturated heterocycles. The van der Waals surface area contributed by atoms with E-state index in [1.165, 1.54) is 16.5 Å². The Bertz CT molecular complexity index is 3070. The van der Waals surface area contributed by atoms with Gasteiger partial charge in [-0.2, -0.15) is 5.10 Å². The first-order chi connectivity index (χ1) is 40.1. The molecule has 0 bridgehead atoms. The number of primary amides is 1. The second-order valence-corrected chi connectivity index (χ2v) is 22.0. The molecular formula is C60H77N11O11S. The van der Waals surface area contributed by atoms with Gasteiger partial charge in [-0.3, -0.25) is 24.0 Å². The molecule has 5 heterocycles. The van der Waals surface area contributed by atoms with Crippen molar-refractivity contribution >= 4 is 47.5 Å². The number of thiazole rings is 1. The van der Waals surface area contributed by atoms with Crippen LogP contribution in [0.25, 0.3) is 33.5 Å². The Kier molecular flexibility index (Phi) is 24.0. The number of hydrogen-bond acceptors (Lipinski definition) is 16. The number of carbonyl (C=O) groups excluding carboxylic acids is 5. The minimum atomic E-state index is -0.723. The van der Waals surface area contributed by atoms with Crippen molar-refractivity contribution in [1.29, 1.82) is 0 Å². The van der Waals surface area contributed by atoms with Crippen molar-refractivity contribution < 1.29 is 52.8 Å². The second-order valence-electron chi connectivity index (χ2n) is 21.2. The third kappa shape index (κ3) is 19.2. The number of likely N-dealkylation sites (tertiary alicyclic amines) is 2. The number of para-hydroxylation sites is 1. The van der Waals surface area contributed by atoms with Crippen LogP contribution in [-0.2, 0) is 62.6 Å². The van der Waals surface area contributed by atoms with Crippen LogP contribution in [0.3, 0.4) is 0 Å². The molecule has 0 radical (unpaired) electrons. The van der Waals surface area contributed by atoms with Gasteiger partial charge in [0.1, 0.15) is 36.7 Å². The van der Waals surface area contributed by atoms with Gasteiger partial charge in [-0.05, 0) is 98.0 Å². The SMILES string of the molecule is Cc1cc(-c2nn(-c3ccccc3)cc2/C=C/C(=O)N2CCCCC2C(N)=O)ccc1OCc1cn(CCOCCOCCOCCOCC(=O)NC(C(=O)N2CCC(O)C2)C(C)(C)C)nn1.Cc1ncsc1-c1ccc(CNC=O)cc1. The molecule has 2 aliphatic heterocycles. The molecule has 0 spiro atoms. The topological polar surface area (TPSA) is 270 Å². The average Bonchev–Trinajstić information content (AvgIpc) is 4.53. The lowest BCUT2D eigenvalue weighted by molar-refractivity contribution is -0.140. The summed E-state index contributed by atoms with van der Waals surface area (Å²) in [5, 5.41) is 28.6. The fraction of sp³-hybridized carbons (Fsp3) is 0.450. The number of rotatable bonds is 28. The summed E-state index contributed by atoms with van der Waals surface area (Å²) in [5.74, 6) is -0.659. The highest BCUT2D eigenvalue weighted by atomic mass is 32.1. The molecule has 23 heteroatoms. The highest BCUT2D eigenvalue weighted by molar-refractivity contribution is 7.13. The lowest BCUT2D eigenvalue weighted by atomic mass is 9.85. The summed E-state index contributed by atoms with van der Waals surface area (Å²) in [6, 6.07) is 22.4. The Morgan fingerprint density at radius 2 is 1.58 bits per heavy atom. The summed E-state index contributed by atoms with van der Waals surface area (Å²) >= 11 is 1.64. The van der Waals surface area contributed by atoms with Gasteiger partial charge in [0.05, 0.1) is 92.6 Å². The van der Waals surface area contributed by atoms with Gasteiger partial charge in [0.2, 0.25) is 30.0 Å². The third-order valence-electron chi connectivity index (χ3n) is 13.8. The Morgan fingerprint density at radius 3 is 2.23 bits per heavy atom. The van der Waals surface area contributed by atoms with Crippen LogP contribution in [0.2, 0.25) is 0 Å². The van der Waals surface area contributed by atoms with Crippen LogP contribution >= 0.6 is 11.3 Å². The van der Waals surface area contributed by atoms with Crippen LogP contribution in [-0.4, -0.2) is 165 Å². The van der Waals surface area contributed by atoms with Crippen molar-refractivity contribution in [2.45, 2.75) is 98.2 Å². The number of amides is 5. The van der Waals surface area contributed by atoms with E-state index >= 15 is 0 Å². The van der Waals surface area contributed by atoms with Crippen LogP contribution in [0.1, 0.15) is 74.5 Å². The fourth-order valence-electron chi connectivity index (χ4n) is 9.29. The van der Waals surface area contributed by atoms with Gasteiger partial charge in [0.15, 0.2) is 0 Å². The van der Waals surface area contributed by atoms with Crippen LogP contribution < -0.4 is 21.1 Å². The minimum Gasteiger partial charge on any atom is -0.487 e. The van der Waals surface area contributed by atoms with Crippen molar-refractivity contribution in [2.75, 3.05) is 72.5 Å². The number of hydrogen-bond donors (Lipinski definition) is 4. The minimum absolute atomic E-state index is 0.195. The van der Waals surface area contributed by atoms with Crippen LogP contribution in [0.5, 0.6) is 5.75 Å². The number of nitrogens with two attached hydrogens (primary N) is 1. The van der Waals surface area contributed by atoms with Crippen LogP contribution in [0.4, 0.5) is 0 Å². The highest BCUT2D eigenvalue weighted by Gasteiger charge is 2.38. The maximum Gasteiger partial charge on any atom is 0.247 e. The molecule has 3 aromatic carbocycles. The largest absolute Gasteiger partial charge is 0.487 e. The zero-order valence-corrected chi connectivity index (χ0v) is 48.8. The van der Waals surface area contributed by atoms with E-state index in [-0.39, 0.29) is 50.7 Å². The van der Waals surface area contributed by atoms with E-state index in [2.05, 4.69) is 38.1 Å². The summed E-state index contributed by atoms with van der Waals surface area (Å²) < 4.78 is 31.9. The number of nitrogens with zero attached hydrogens (tertiary/aromatic N) is 8. The number of aliphatic hydroxyl groups is 1. The Balaban J connectivity index is 0.000000529. The van der Waals surface area contributed by atoms with Gasteiger partial charge in [-0.15, -0.1) is 16.4 Å². The van der Waals surface area contributed by atoms with Crippen molar-refractivity contribution in [3.63, 3.8) is 0 Å². The van der Waals surface area contributed by atoms with Crippen molar-refractivity contribution in [2.24, 2.45) is 11.1 Å². The van der Waals surface area contributed by atoms with Gasteiger partial charge in [0.25, 0.3) is 0 Å². The van der Waals surface area contributed by atoms with E-state index in [1.54, 1.807) is 36.6 Å². The average molecular weight is 1160 g/mol. The summed E-state index contributed by atoms with van der Waals surface area (Å²) in [6.07, 6.45) is 9.88. The van der Waals surface area contributed by atoms with E-state index in [0.717, 1.165) is 46.5 Å². The highest BCUT2D eigenvalue weighted by Crippen LogP contribution is 2.31. The molecule has 444 valence electrons. The molecule has 5 N–H and O–H groups in total. The molecule has 2 fully saturated rings. The van der Waals surface area contributed by atoms with E-state index in [1.807, 2.05) is 113 Å². The summed E-state index contributed by atoms with van der Waals surface area (Å²) in [4.78, 5) is 69.6. The number of aromatic nitrogens is 6. The Labute approximate surface area is 488 Å². The maximum atomic E-state index is 13.3. The standard InChI is InChI=1S/C48H65N9O10.C12H12N2OS/c1-34-28-35(44-36(29-57(52-44)38-10-6-5-7-11-38)14-16-43(60)56-18-9-8-12-40(56)46(49)61)13-15-41(34)67-32-37-30-55(53-51-37)20-21-63-22-23-64-24-25-65-26-27-66-33-42(59)50-45(48(2,3)4)47(62)54-19-17-39(58)31-54;1-9-12(16-8-14-9)11-4-2-10(3-5-11)6-13-7-15/h5-7,10-11,13-16,28-30,39-40,45,58H,8-9,12,17-27,31-33H2,1-4H3,(H2,49,61)(H,50,59);2-5,7-8H,6H2,1H3,(H,13,15)/b16-14+;. The zero-order valence-electron chi connectivity index (χ0n) is 47.9. The fourth-order valence-corrected chi connectivity index (χ4v) is 10.1. The van der Waals surface area contributed by atoms with Gasteiger partial charge in [-0.25, -0.2) is 14.3 Å². The number of β-amino-alcohol motifs (C(OH)–C–C–N with tert-alkyl or cyclic N) is 1. The number of aliphatic hydroxyl groups excluding tert-OH is 1. The molecular weight excluding hydrogens is 1080 g/mol. The van der Waals surface area contributed by atoms with E-state index < -0.39 is 29.5 Å². The number of benzene rings is 3. The van der Waals surface area contributed by atoms with Crippen molar-refractivity contribution in [1.82, 2.24) is 50.2 Å². The lowest BCUT2D eigenvalue weighted by Crippen LogP contribution is -2.55. The zero-order chi connectivity index (χ0) is 59.1. The smallest absolute Gasteiger partial charge is 0.247 e. The van der Waals surface area contributed by atoms with E-state index in [9.17, 15) is 29.1 Å². The second kappa shape index (κ2) is 31.7. The predicted molar refractivity (Wildman–Crippen MR) is 313 cm³/mol. The quantitative estimate of drug-likeness (QED) is 0.0270. The molecule has 6 aromatic rings. The van der Waals surface area contributed by atoms with Gasteiger partial charge < -0.3 is 55.0 Å². The van der Waals surface area contributed by atoms with E-state index in [0.29, 0.717) is 95.6 Å². The number of piperidine rings is 1. The van der Waals surface area contributed by atoms with Gasteiger partial charge >= 0.3 is 0 Å². The molecule has 0 saturated carbocycles. The molecule has 3 unspecified atom stereocenters. The summed E-state index contributed by atoms with van der Waals surface area (Å²) in [7, 11) is 0. The first kappa shape index (κ1) is 62.9. The van der Waals surface area contributed by atoms with E-state index in [4.69, 9.17) is 34.5 Å². The molecule has 83 heavy (non-hydrogen) atoms. The molecule has 3 atom stereocenters. The lowest BCUT2D eigenvalue weighted by Gasteiger charge is -2.33. The van der Waals surface area contributed by atoms with Crippen molar-refractivity contribution in [3.05, 3.63) is 125 Å². The third-order valence-corrected chi connectivity index (χ3v) is 14.7. The molecule has 5 amide bonds. The number of aryl methyl sites for hydroxylation is 2. The van der Waals surface area contributed by atoms with Crippen LogP contribution in [0.15, 0.2) is 96.8 Å². The predicted octanol–water partition coefficient (Wildman–Crippen LogP) is 5.45. The number of carbonyl (C=O) groups is 5. The normalized spacial score (nSPS) is 15.6. The maximum absolute atomic E-state index is 13.3. The first-order valence-corrected chi connectivity index (χ1v) is 28.8. The molecule has 22 nitrogen and oxygen atoms in total. The Hall–Kier alpha value is -7.67. The molecule has 0 aliphatic carbocycles. The molecule has 8 rings (SSSR count). The first-order valence-electron chi connectivity index (χ1n) is 27.9. The number of ether oxygens (including phenoxy) is 5.